The molecular formula is C15H23NO. The van der Waals surface area contributed by atoms with Crippen LogP contribution in [0.15, 0.2) is 24.3 Å². The fourth-order valence-electron chi connectivity index (χ4n) is 2.24. The van der Waals surface area contributed by atoms with E-state index in [-0.39, 0.29) is 12.6 Å². The minimum atomic E-state index is 0.197. The first-order chi connectivity index (χ1) is 8.22. The molecule has 1 unspecified atom stereocenters. The highest BCUT2D eigenvalue weighted by atomic mass is 16.3. The normalized spacial score (nSPS) is 17.4. The number of aliphatic hydroxyl groups excluding tert-OH is 1. The summed E-state index contributed by atoms with van der Waals surface area (Å²) in [6, 6.07) is 8.88. The van der Waals surface area contributed by atoms with Crippen molar-refractivity contribution in [2.24, 2.45) is 5.92 Å². The smallest absolute Gasteiger partial charge is 0.0587 e. The molecule has 1 aromatic rings. The van der Waals surface area contributed by atoms with Crippen LogP contribution in [0.5, 0.6) is 0 Å². The Morgan fingerprint density at radius 2 is 2.00 bits per heavy atom. The second-order valence-corrected chi connectivity index (χ2v) is 5.39. The van der Waals surface area contributed by atoms with Gasteiger partial charge in [0.1, 0.15) is 0 Å². The molecule has 2 nitrogen and oxygen atoms in total. The number of aliphatic hydroxyl groups is 1. The molecule has 1 aliphatic rings. The summed E-state index contributed by atoms with van der Waals surface area (Å²) in [5, 5.41) is 12.8. The van der Waals surface area contributed by atoms with Crippen LogP contribution in [-0.4, -0.2) is 17.8 Å². The monoisotopic (exact) mass is 233 g/mol. The third-order valence-electron chi connectivity index (χ3n) is 3.63. The van der Waals surface area contributed by atoms with Crippen molar-refractivity contribution in [3.63, 3.8) is 0 Å². The van der Waals surface area contributed by atoms with E-state index in [9.17, 15) is 5.11 Å². The van der Waals surface area contributed by atoms with E-state index in [2.05, 4.69) is 43.4 Å². The van der Waals surface area contributed by atoms with E-state index >= 15 is 0 Å². The maximum absolute atomic E-state index is 9.30. The van der Waals surface area contributed by atoms with Gasteiger partial charge in [-0.05, 0) is 35.8 Å². The molecule has 0 aromatic heterocycles. The highest BCUT2D eigenvalue weighted by molar-refractivity contribution is 5.33. The molecule has 2 heteroatoms. The van der Waals surface area contributed by atoms with Crippen molar-refractivity contribution in [3.8, 4) is 0 Å². The first kappa shape index (κ1) is 12.6. The number of hydrogen-bond acceptors (Lipinski definition) is 2. The molecule has 0 bridgehead atoms. The van der Waals surface area contributed by atoms with Crippen LogP contribution in [0.4, 0.5) is 0 Å². The third kappa shape index (κ3) is 3.30. The van der Waals surface area contributed by atoms with Crippen LogP contribution in [0.3, 0.4) is 0 Å². The largest absolute Gasteiger partial charge is 0.395 e. The van der Waals surface area contributed by atoms with Gasteiger partial charge in [-0.2, -0.15) is 0 Å². The number of benzene rings is 1. The Kier molecular flexibility index (Phi) is 4.19. The Morgan fingerprint density at radius 1 is 1.29 bits per heavy atom. The van der Waals surface area contributed by atoms with Crippen LogP contribution >= 0.6 is 0 Å². The van der Waals surface area contributed by atoms with E-state index in [1.807, 2.05) is 0 Å². The number of rotatable bonds is 6. The summed E-state index contributed by atoms with van der Waals surface area (Å²) < 4.78 is 0. The van der Waals surface area contributed by atoms with Crippen LogP contribution in [0.25, 0.3) is 0 Å². The molecule has 17 heavy (non-hydrogen) atoms. The predicted molar refractivity (Wildman–Crippen MR) is 71.0 cm³/mol. The van der Waals surface area contributed by atoms with Gasteiger partial charge in [0.25, 0.3) is 0 Å². The lowest BCUT2D eigenvalue weighted by atomic mass is 10.0. The lowest BCUT2D eigenvalue weighted by Crippen LogP contribution is -2.36. The van der Waals surface area contributed by atoms with Gasteiger partial charge in [-0.1, -0.05) is 38.1 Å². The van der Waals surface area contributed by atoms with E-state index in [0.717, 1.165) is 12.5 Å². The Morgan fingerprint density at radius 3 is 2.59 bits per heavy atom. The fourth-order valence-corrected chi connectivity index (χ4v) is 2.24. The molecular weight excluding hydrogens is 210 g/mol. The highest BCUT2D eigenvalue weighted by Gasteiger charge is 2.25. The van der Waals surface area contributed by atoms with Crippen LogP contribution in [-0.2, 0) is 6.54 Å². The molecule has 94 valence electrons. The Bertz CT molecular complexity index is 358. The van der Waals surface area contributed by atoms with Crippen molar-refractivity contribution in [3.05, 3.63) is 35.4 Å². The summed E-state index contributed by atoms with van der Waals surface area (Å²) in [4.78, 5) is 0. The second-order valence-electron chi connectivity index (χ2n) is 5.39. The Balaban J connectivity index is 1.98. The summed E-state index contributed by atoms with van der Waals surface area (Å²) in [5.74, 6) is 1.26. The predicted octanol–water partition coefficient (Wildman–Crippen LogP) is 2.67. The zero-order valence-electron chi connectivity index (χ0n) is 10.8. The Labute approximate surface area is 104 Å². The average Bonchev–Trinajstić information content (AvgIpc) is 3.14. The zero-order chi connectivity index (χ0) is 12.3. The van der Waals surface area contributed by atoms with Crippen LogP contribution in [0.2, 0.25) is 0 Å². The molecule has 0 saturated heterocycles. The molecule has 1 saturated carbocycles. The van der Waals surface area contributed by atoms with Crippen molar-refractivity contribution < 1.29 is 5.11 Å². The lowest BCUT2D eigenvalue weighted by Gasteiger charge is -2.21. The fraction of sp³-hybridized carbons (Fsp3) is 0.600. The first-order valence-corrected chi connectivity index (χ1v) is 6.64. The molecule has 1 atom stereocenters. The molecule has 0 spiro atoms. The minimum Gasteiger partial charge on any atom is -0.395 e. The topological polar surface area (TPSA) is 32.3 Å². The molecule has 0 radical (unpaired) electrons. The van der Waals surface area contributed by atoms with Crippen LogP contribution < -0.4 is 5.32 Å². The van der Waals surface area contributed by atoms with Gasteiger partial charge in [0.2, 0.25) is 0 Å². The SMILES string of the molecule is CC(C)C(CO)NCc1ccccc1C1CC1. The minimum absolute atomic E-state index is 0.197. The van der Waals surface area contributed by atoms with Crippen molar-refractivity contribution in [2.75, 3.05) is 6.61 Å². The van der Waals surface area contributed by atoms with E-state index in [1.54, 1.807) is 0 Å². The third-order valence-corrected chi connectivity index (χ3v) is 3.63. The lowest BCUT2D eigenvalue weighted by molar-refractivity contribution is 0.210. The molecule has 0 heterocycles. The summed E-state index contributed by atoms with van der Waals surface area (Å²) in [7, 11) is 0. The van der Waals surface area contributed by atoms with Gasteiger partial charge < -0.3 is 10.4 Å². The molecule has 0 amide bonds. The highest BCUT2D eigenvalue weighted by Crippen LogP contribution is 2.41. The Hall–Kier alpha value is -0.860. The first-order valence-electron chi connectivity index (χ1n) is 6.64. The summed E-state index contributed by atoms with van der Waals surface area (Å²) in [5.41, 5.74) is 2.90. The maximum atomic E-state index is 9.30. The van der Waals surface area contributed by atoms with E-state index < -0.39 is 0 Å². The standard InChI is InChI=1S/C15H23NO/c1-11(2)15(10-17)16-9-13-5-3-4-6-14(13)12-7-8-12/h3-6,11-12,15-17H,7-10H2,1-2H3. The van der Waals surface area contributed by atoms with Crippen LogP contribution in [0.1, 0.15) is 43.7 Å². The molecule has 2 rings (SSSR count). The second kappa shape index (κ2) is 5.65. The average molecular weight is 233 g/mol. The molecule has 1 aliphatic carbocycles. The molecule has 1 aromatic carbocycles. The van der Waals surface area contributed by atoms with Crippen molar-refractivity contribution in [1.29, 1.82) is 0 Å². The van der Waals surface area contributed by atoms with Gasteiger partial charge >= 0.3 is 0 Å². The van der Waals surface area contributed by atoms with E-state index in [4.69, 9.17) is 0 Å². The van der Waals surface area contributed by atoms with Gasteiger partial charge in [-0.25, -0.2) is 0 Å². The van der Waals surface area contributed by atoms with E-state index in [1.165, 1.54) is 24.0 Å². The van der Waals surface area contributed by atoms with Gasteiger partial charge in [0.15, 0.2) is 0 Å². The summed E-state index contributed by atoms with van der Waals surface area (Å²) in [6.45, 7) is 5.36. The molecule has 2 N–H and O–H groups in total. The maximum Gasteiger partial charge on any atom is 0.0587 e. The van der Waals surface area contributed by atoms with Gasteiger partial charge in [-0.15, -0.1) is 0 Å². The summed E-state index contributed by atoms with van der Waals surface area (Å²) >= 11 is 0. The van der Waals surface area contributed by atoms with Crippen LogP contribution in [0, 0.1) is 5.92 Å². The van der Waals surface area contributed by atoms with Gasteiger partial charge in [0.05, 0.1) is 6.61 Å². The van der Waals surface area contributed by atoms with Crippen molar-refractivity contribution >= 4 is 0 Å². The summed E-state index contributed by atoms with van der Waals surface area (Å²) in [6.07, 6.45) is 2.68. The van der Waals surface area contributed by atoms with Gasteiger partial charge in [0, 0.05) is 12.6 Å². The van der Waals surface area contributed by atoms with Gasteiger partial charge in [-0.3, -0.25) is 0 Å². The molecule has 0 aliphatic heterocycles. The quantitative estimate of drug-likeness (QED) is 0.791. The zero-order valence-corrected chi connectivity index (χ0v) is 10.8. The number of nitrogens with one attached hydrogen (secondary N) is 1. The van der Waals surface area contributed by atoms with Crippen molar-refractivity contribution in [1.82, 2.24) is 5.32 Å². The number of hydrogen-bond donors (Lipinski definition) is 2. The van der Waals surface area contributed by atoms with E-state index in [0.29, 0.717) is 5.92 Å². The van der Waals surface area contributed by atoms with Crippen molar-refractivity contribution in [2.45, 2.75) is 45.2 Å². The molecule has 1 fully saturated rings.